The number of anilines is 1. The van der Waals surface area contributed by atoms with E-state index in [1.165, 1.54) is 43.0 Å². The summed E-state index contributed by atoms with van der Waals surface area (Å²) in [7, 11) is 2.19. The maximum absolute atomic E-state index is 4.63. The summed E-state index contributed by atoms with van der Waals surface area (Å²) in [5.41, 5.74) is 2.63. The van der Waals surface area contributed by atoms with Gasteiger partial charge in [0, 0.05) is 50.7 Å². The van der Waals surface area contributed by atoms with E-state index in [9.17, 15) is 0 Å². The molecule has 0 amide bonds. The summed E-state index contributed by atoms with van der Waals surface area (Å²) < 4.78 is 0. The third kappa shape index (κ3) is 2.09. The summed E-state index contributed by atoms with van der Waals surface area (Å²) in [4.78, 5) is 16.7. The van der Waals surface area contributed by atoms with Gasteiger partial charge in [0.2, 0.25) is 0 Å². The summed E-state index contributed by atoms with van der Waals surface area (Å²) >= 11 is 0. The van der Waals surface area contributed by atoms with Crippen LogP contribution in [-0.2, 0) is 13.0 Å². The Balaban J connectivity index is 1.62. The summed E-state index contributed by atoms with van der Waals surface area (Å²) in [5.74, 6) is 1.20. The highest BCUT2D eigenvalue weighted by molar-refractivity contribution is 5.50. The number of hydrogen-bond acceptors (Lipinski definition) is 5. The molecule has 5 heteroatoms. The lowest BCUT2D eigenvalue weighted by atomic mass is 10.1. The average Bonchev–Trinajstić information content (AvgIpc) is 2.94. The molecule has 0 spiro atoms. The van der Waals surface area contributed by atoms with E-state index in [0.717, 1.165) is 38.6 Å². The molecule has 1 aromatic heterocycles. The van der Waals surface area contributed by atoms with E-state index in [0.29, 0.717) is 0 Å². The Labute approximate surface area is 120 Å². The number of nitrogens with zero attached hydrogens (tertiary/aromatic N) is 5. The highest BCUT2D eigenvalue weighted by atomic mass is 15.3. The molecule has 0 aliphatic carbocycles. The van der Waals surface area contributed by atoms with Crippen molar-refractivity contribution < 1.29 is 0 Å². The quantitative estimate of drug-likeness (QED) is 0.754. The van der Waals surface area contributed by atoms with Gasteiger partial charge in [-0.1, -0.05) is 0 Å². The van der Waals surface area contributed by atoms with Crippen LogP contribution in [0.2, 0.25) is 0 Å². The fourth-order valence-corrected chi connectivity index (χ4v) is 3.92. The standard InChI is InChI=1S/C15H23N5/c1-18-6-4-14-13(10-18)15(17-11-16-14)20-8-7-19-5-2-3-12(19)9-20/h11-12H,2-10H2,1H3. The van der Waals surface area contributed by atoms with Crippen molar-refractivity contribution in [3.63, 3.8) is 0 Å². The molecule has 0 radical (unpaired) electrons. The minimum Gasteiger partial charge on any atom is -0.353 e. The van der Waals surface area contributed by atoms with Crippen molar-refractivity contribution in [2.24, 2.45) is 0 Å². The Hall–Kier alpha value is -1.20. The summed E-state index contributed by atoms with van der Waals surface area (Å²) in [6, 6.07) is 0.746. The first-order valence-corrected chi connectivity index (χ1v) is 7.81. The van der Waals surface area contributed by atoms with Crippen LogP contribution < -0.4 is 4.90 Å². The predicted molar refractivity (Wildman–Crippen MR) is 78.9 cm³/mol. The first kappa shape index (κ1) is 12.5. The van der Waals surface area contributed by atoms with Crippen molar-refractivity contribution in [2.75, 3.05) is 44.7 Å². The molecule has 5 nitrogen and oxygen atoms in total. The van der Waals surface area contributed by atoms with Gasteiger partial charge < -0.3 is 9.80 Å². The van der Waals surface area contributed by atoms with Crippen LogP contribution in [-0.4, -0.2) is 65.6 Å². The predicted octanol–water partition coefficient (Wildman–Crippen LogP) is 0.749. The van der Waals surface area contributed by atoms with Gasteiger partial charge in [-0.3, -0.25) is 4.90 Å². The molecular weight excluding hydrogens is 250 g/mol. The van der Waals surface area contributed by atoms with Gasteiger partial charge in [-0.05, 0) is 26.4 Å². The number of rotatable bonds is 1. The number of piperazine rings is 1. The average molecular weight is 273 g/mol. The molecule has 3 aliphatic heterocycles. The number of aromatic nitrogens is 2. The molecule has 1 aromatic rings. The second-order valence-corrected chi connectivity index (χ2v) is 6.39. The molecule has 0 aromatic carbocycles. The van der Waals surface area contributed by atoms with E-state index in [1.54, 1.807) is 6.33 Å². The van der Waals surface area contributed by atoms with E-state index in [4.69, 9.17) is 0 Å². The van der Waals surface area contributed by atoms with Gasteiger partial charge in [0.1, 0.15) is 12.1 Å². The summed E-state index contributed by atoms with van der Waals surface area (Å²) in [6.45, 7) is 6.86. The highest BCUT2D eigenvalue weighted by Gasteiger charge is 2.32. The van der Waals surface area contributed by atoms with Crippen LogP contribution in [0.3, 0.4) is 0 Å². The molecule has 0 saturated carbocycles. The lowest BCUT2D eigenvalue weighted by Gasteiger charge is -2.39. The maximum Gasteiger partial charge on any atom is 0.136 e. The van der Waals surface area contributed by atoms with Gasteiger partial charge in [0.25, 0.3) is 0 Å². The minimum absolute atomic E-state index is 0.746. The molecule has 4 heterocycles. The van der Waals surface area contributed by atoms with Crippen LogP contribution in [0.1, 0.15) is 24.1 Å². The first-order chi connectivity index (χ1) is 9.81. The Kier molecular flexibility index (Phi) is 3.11. The monoisotopic (exact) mass is 273 g/mol. The van der Waals surface area contributed by atoms with Crippen LogP contribution in [0.15, 0.2) is 6.33 Å². The third-order valence-electron chi connectivity index (χ3n) is 5.06. The topological polar surface area (TPSA) is 35.5 Å². The number of likely N-dealkylation sites (N-methyl/N-ethyl adjacent to an activating group) is 1. The molecule has 0 bridgehead atoms. The van der Waals surface area contributed by atoms with E-state index in [-0.39, 0.29) is 0 Å². The zero-order chi connectivity index (χ0) is 13.5. The third-order valence-corrected chi connectivity index (χ3v) is 5.06. The SMILES string of the molecule is CN1CCc2ncnc(N3CCN4CCCC4C3)c2C1. The van der Waals surface area contributed by atoms with Crippen molar-refractivity contribution in [3.05, 3.63) is 17.6 Å². The molecule has 2 saturated heterocycles. The van der Waals surface area contributed by atoms with E-state index < -0.39 is 0 Å². The fraction of sp³-hybridized carbons (Fsp3) is 0.733. The highest BCUT2D eigenvalue weighted by Crippen LogP contribution is 2.29. The van der Waals surface area contributed by atoms with Crippen LogP contribution in [0, 0.1) is 0 Å². The number of fused-ring (bicyclic) bond motifs is 2. The van der Waals surface area contributed by atoms with Crippen LogP contribution >= 0.6 is 0 Å². The van der Waals surface area contributed by atoms with Gasteiger partial charge in [0.05, 0.1) is 5.69 Å². The molecule has 108 valence electrons. The lowest BCUT2D eigenvalue weighted by Crippen LogP contribution is -2.51. The smallest absolute Gasteiger partial charge is 0.136 e. The molecular formula is C15H23N5. The number of hydrogen-bond donors (Lipinski definition) is 0. The molecule has 1 atom stereocenters. The van der Waals surface area contributed by atoms with E-state index in [1.807, 2.05) is 0 Å². The van der Waals surface area contributed by atoms with Gasteiger partial charge in [0.15, 0.2) is 0 Å². The van der Waals surface area contributed by atoms with Crippen LogP contribution in [0.5, 0.6) is 0 Å². The molecule has 1 unspecified atom stereocenters. The lowest BCUT2D eigenvalue weighted by molar-refractivity contribution is 0.229. The molecule has 20 heavy (non-hydrogen) atoms. The van der Waals surface area contributed by atoms with Crippen molar-refractivity contribution in [3.8, 4) is 0 Å². The molecule has 0 N–H and O–H groups in total. The van der Waals surface area contributed by atoms with Crippen LogP contribution in [0.25, 0.3) is 0 Å². The Morgan fingerprint density at radius 1 is 1.15 bits per heavy atom. The van der Waals surface area contributed by atoms with Gasteiger partial charge in [-0.25, -0.2) is 9.97 Å². The van der Waals surface area contributed by atoms with Crippen molar-refractivity contribution in [1.29, 1.82) is 0 Å². The van der Waals surface area contributed by atoms with Crippen molar-refractivity contribution >= 4 is 5.82 Å². The Morgan fingerprint density at radius 2 is 2.10 bits per heavy atom. The van der Waals surface area contributed by atoms with Crippen molar-refractivity contribution in [2.45, 2.75) is 31.8 Å². The van der Waals surface area contributed by atoms with Crippen LogP contribution in [0.4, 0.5) is 5.82 Å². The second kappa shape index (κ2) is 4.97. The Morgan fingerprint density at radius 3 is 3.05 bits per heavy atom. The zero-order valence-electron chi connectivity index (χ0n) is 12.3. The molecule has 2 fully saturated rings. The molecule has 3 aliphatic rings. The summed E-state index contributed by atoms with van der Waals surface area (Å²) in [6.07, 6.45) is 5.54. The van der Waals surface area contributed by atoms with E-state index in [2.05, 4.69) is 31.7 Å². The van der Waals surface area contributed by atoms with Crippen molar-refractivity contribution in [1.82, 2.24) is 19.8 Å². The zero-order valence-corrected chi connectivity index (χ0v) is 12.3. The second-order valence-electron chi connectivity index (χ2n) is 6.39. The maximum atomic E-state index is 4.63. The van der Waals surface area contributed by atoms with Gasteiger partial charge in [-0.15, -0.1) is 0 Å². The largest absolute Gasteiger partial charge is 0.353 e. The molecule has 4 rings (SSSR count). The normalized spacial score (nSPS) is 27.4. The fourth-order valence-electron chi connectivity index (χ4n) is 3.92. The Bertz CT molecular complexity index is 503. The van der Waals surface area contributed by atoms with Gasteiger partial charge in [-0.2, -0.15) is 0 Å². The van der Waals surface area contributed by atoms with E-state index >= 15 is 0 Å². The summed E-state index contributed by atoms with van der Waals surface area (Å²) in [5, 5.41) is 0. The minimum atomic E-state index is 0.746. The first-order valence-electron chi connectivity index (χ1n) is 7.81. The van der Waals surface area contributed by atoms with Gasteiger partial charge >= 0.3 is 0 Å².